The number of likely N-dealkylation sites (N-methyl/N-ethyl adjacent to an activating group) is 1. The van der Waals surface area contributed by atoms with Crippen molar-refractivity contribution >= 4 is 27.4 Å². The van der Waals surface area contributed by atoms with Gasteiger partial charge in [0.25, 0.3) is 5.91 Å². The van der Waals surface area contributed by atoms with Gasteiger partial charge in [0.2, 0.25) is 9.84 Å². The Labute approximate surface area is 155 Å². The molecule has 0 aliphatic heterocycles. The molecule has 2 rings (SSSR count). The molecule has 0 saturated carbocycles. The molecule has 1 amide bonds. The van der Waals surface area contributed by atoms with Gasteiger partial charge in [-0.25, -0.2) is 13.2 Å². The first kappa shape index (κ1) is 20.5. The minimum atomic E-state index is -4.74. The van der Waals surface area contributed by atoms with Crippen molar-refractivity contribution in [1.29, 1.82) is 0 Å². The molecule has 0 fully saturated rings. The highest BCUT2D eigenvalue weighted by Gasteiger charge is 2.27. The lowest BCUT2D eigenvalue weighted by atomic mass is 10.2. The van der Waals surface area contributed by atoms with E-state index >= 15 is 0 Å². The van der Waals surface area contributed by atoms with Crippen LogP contribution in [0, 0.1) is 0 Å². The average molecular weight is 397 g/mol. The van der Waals surface area contributed by atoms with E-state index in [0.717, 1.165) is 24.3 Å². The van der Waals surface area contributed by atoms with Gasteiger partial charge in [-0.15, -0.1) is 0 Å². The Morgan fingerprint density at radius 1 is 1.00 bits per heavy atom. The fourth-order valence-electron chi connectivity index (χ4n) is 2.21. The molecule has 0 bridgehead atoms. The van der Waals surface area contributed by atoms with Crippen LogP contribution in [0.3, 0.4) is 0 Å². The van der Waals surface area contributed by atoms with Crippen molar-refractivity contribution in [3.05, 3.63) is 60.2 Å². The number of hydrogen-bond acceptors (Lipinski definition) is 5. The molecule has 27 heavy (non-hydrogen) atoms. The zero-order chi connectivity index (χ0) is 20.2. The summed E-state index contributed by atoms with van der Waals surface area (Å²) in [7, 11) is -3.21. The van der Waals surface area contributed by atoms with E-state index in [0.29, 0.717) is 5.69 Å². The maximum atomic E-state index is 12.5. The number of esters is 1. The maximum absolute atomic E-state index is 12.5. The second kappa shape index (κ2) is 8.26. The number of amides is 1. The highest BCUT2D eigenvalue weighted by atomic mass is 32.2. The van der Waals surface area contributed by atoms with Crippen LogP contribution in [0.5, 0.6) is 0 Å². The first-order chi connectivity index (χ1) is 12.6. The van der Waals surface area contributed by atoms with E-state index in [1.54, 1.807) is 30.3 Å². The summed E-state index contributed by atoms with van der Waals surface area (Å²) in [4.78, 5) is 25.2. The van der Waals surface area contributed by atoms with Gasteiger partial charge in [-0.1, -0.05) is 18.2 Å². The van der Waals surface area contributed by atoms with Gasteiger partial charge in [0, 0.05) is 12.7 Å². The van der Waals surface area contributed by atoms with Crippen molar-refractivity contribution in [1.82, 2.24) is 0 Å². The van der Waals surface area contributed by atoms with Crippen LogP contribution in [0.15, 0.2) is 59.5 Å². The molecule has 0 spiro atoms. The largest absolute Gasteiger partial charge is 0.449 e. The predicted molar refractivity (Wildman–Crippen MR) is 94.4 cm³/mol. The number of benzene rings is 2. The van der Waals surface area contributed by atoms with Crippen molar-refractivity contribution in [3.8, 4) is 0 Å². The molecule has 0 N–H and O–H groups in total. The molecule has 0 radical (unpaired) electrons. The fourth-order valence-corrected chi connectivity index (χ4v) is 2.94. The summed E-state index contributed by atoms with van der Waals surface area (Å²) in [5.41, 5.74) is 0.553. The van der Waals surface area contributed by atoms with Crippen molar-refractivity contribution < 1.29 is 31.5 Å². The van der Waals surface area contributed by atoms with Gasteiger partial charge >= 0.3 is 11.7 Å². The van der Waals surface area contributed by atoms with Gasteiger partial charge in [0.05, 0.1) is 10.5 Å². The molecular weight excluding hydrogens is 380 g/mol. The van der Waals surface area contributed by atoms with Crippen LogP contribution < -0.4 is 4.90 Å². The van der Waals surface area contributed by atoms with Gasteiger partial charge in [-0.3, -0.25) is 4.79 Å². The summed E-state index contributed by atoms with van der Waals surface area (Å²) < 4.78 is 52.9. The van der Waals surface area contributed by atoms with E-state index in [9.17, 15) is 26.8 Å². The van der Waals surface area contributed by atoms with Crippen LogP contribution in [0.25, 0.3) is 0 Å². The van der Waals surface area contributed by atoms with E-state index in [1.807, 2.05) is 0 Å². The van der Waals surface area contributed by atoms with Crippen molar-refractivity contribution in [2.45, 2.75) is 23.7 Å². The Morgan fingerprint density at radius 2 is 1.56 bits per heavy atom. The lowest BCUT2D eigenvalue weighted by Crippen LogP contribution is -2.37. The number of carbonyl (C=O) groups is 2. The number of hydrogen-bond donors (Lipinski definition) is 0. The summed E-state index contributed by atoms with van der Waals surface area (Å²) in [5, 5.41) is 0. The minimum absolute atomic E-state index is 0.0646. The normalized spacial score (nSPS) is 12.5. The van der Waals surface area contributed by atoms with Gasteiger partial charge in [-0.05, 0) is 43.3 Å². The molecule has 2 aromatic carbocycles. The second-order valence-corrected chi connectivity index (χ2v) is 7.53. The molecule has 0 saturated heterocycles. The van der Waals surface area contributed by atoms with Crippen LogP contribution in [0.4, 0.5) is 14.5 Å². The zero-order valence-corrected chi connectivity index (χ0v) is 15.3. The molecule has 1 atom stereocenters. The number of alkyl halides is 2. The molecule has 0 aliphatic carbocycles. The van der Waals surface area contributed by atoms with E-state index in [2.05, 4.69) is 0 Å². The molecule has 144 valence electrons. The number of rotatable bonds is 6. The third-order valence-electron chi connectivity index (χ3n) is 3.76. The second-order valence-electron chi connectivity index (χ2n) is 5.61. The quantitative estimate of drug-likeness (QED) is 0.700. The van der Waals surface area contributed by atoms with E-state index in [1.165, 1.54) is 18.9 Å². The summed E-state index contributed by atoms with van der Waals surface area (Å²) in [6.07, 6.45) is -1.10. The molecule has 1 unspecified atom stereocenters. The van der Waals surface area contributed by atoms with E-state index in [4.69, 9.17) is 4.74 Å². The Hall–Kier alpha value is -2.81. The molecular formula is C18H17F2NO5S. The van der Waals surface area contributed by atoms with Gasteiger partial charge in [0.15, 0.2) is 6.10 Å². The van der Waals surface area contributed by atoms with Crippen LogP contribution >= 0.6 is 0 Å². The van der Waals surface area contributed by atoms with Crippen molar-refractivity contribution in [3.63, 3.8) is 0 Å². The number of ether oxygens (including phenoxy) is 1. The lowest BCUT2D eigenvalue weighted by Gasteiger charge is -2.21. The number of carbonyl (C=O) groups excluding carboxylic acids is 2. The predicted octanol–water partition coefficient (Wildman–Crippen LogP) is 2.89. The monoisotopic (exact) mass is 397 g/mol. The summed E-state index contributed by atoms with van der Waals surface area (Å²) in [6.45, 7) is 1.40. The van der Waals surface area contributed by atoms with E-state index in [-0.39, 0.29) is 5.56 Å². The van der Waals surface area contributed by atoms with Crippen LogP contribution in [-0.2, 0) is 19.4 Å². The number of para-hydroxylation sites is 1. The Kier molecular flexibility index (Phi) is 6.27. The minimum Gasteiger partial charge on any atom is -0.449 e. The standard InChI is InChI=1S/C18H17F2NO5S/c1-12(16(22)21(2)14-6-4-3-5-7-14)26-17(23)13-8-10-15(11-9-13)27(24,25)18(19)20/h3-12,18H,1-2H3. The number of sulfone groups is 1. The molecule has 0 heterocycles. The molecule has 0 aromatic heterocycles. The van der Waals surface area contributed by atoms with Gasteiger partial charge in [0.1, 0.15) is 0 Å². The smallest absolute Gasteiger partial charge is 0.341 e. The number of nitrogens with zero attached hydrogens (tertiary/aromatic N) is 1. The van der Waals surface area contributed by atoms with E-state index < -0.39 is 38.5 Å². The molecule has 9 heteroatoms. The molecule has 2 aromatic rings. The maximum Gasteiger partial charge on any atom is 0.341 e. The third kappa shape index (κ3) is 4.68. The number of halogens is 2. The van der Waals surface area contributed by atoms with Crippen molar-refractivity contribution in [2.24, 2.45) is 0 Å². The Bertz CT molecular complexity index is 915. The summed E-state index contributed by atoms with van der Waals surface area (Å²) in [5.74, 6) is -4.90. The van der Waals surface area contributed by atoms with Gasteiger partial charge < -0.3 is 9.64 Å². The third-order valence-corrected chi connectivity index (χ3v) is 5.16. The first-order valence-corrected chi connectivity index (χ1v) is 9.35. The first-order valence-electron chi connectivity index (χ1n) is 7.80. The Balaban J connectivity index is 2.07. The highest BCUT2D eigenvalue weighted by molar-refractivity contribution is 7.91. The lowest BCUT2D eigenvalue weighted by molar-refractivity contribution is -0.126. The topological polar surface area (TPSA) is 80.8 Å². The summed E-state index contributed by atoms with van der Waals surface area (Å²) in [6, 6.07) is 12.6. The van der Waals surface area contributed by atoms with Crippen molar-refractivity contribution in [2.75, 3.05) is 11.9 Å². The summed E-state index contributed by atoms with van der Waals surface area (Å²) >= 11 is 0. The SMILES string of the molecule is CC(OC(=O)c1ccc(S(=O)(=O)C(F)F)cc1)C(=O)N(C)c1ccccc1. The van der Waals surface area contributed by atoms with Crippen LogP contribution in [0.2, 0.25) is 0 Å². The fraction of sp³-hybridized carbons (Fsp3) is 0.222. The molecule has 0 aliphatic rings. The molecule has 6 nitrogen and oxygen atoms in total. The van der Waals surface area contributed by atoms with Crippen LogP contribution in [-0.4, -0.2) is 39.2 Å². The highest BCUT2D eigenvalue weighted by Crippen LogP contribution is 2.19. The van der Waals surface area contributed by atoms with Gasteiger partial charge in [-0.2, -0.15) is 8.78 Å². The average Bonchev–Trinajstić information content (AvgIpc) is 2.67. The Morgan fingerprint density at radius 3 is 2.07 bits per heavy atom. The zero-order valence-electron chi connectivity index (χ0n) is 14.5. The van der Waals surface area contributed by atoms with Crippen LogP contribution in [0.1, 0.15) is 17.3 Å². The number of anilines is 1.